The van der Waals surface area contributed by atoms with Crippen molar-refractivity contribution in [3.8, 4) is 0 Å². The number of hydrogen-bond acceptors (Lipinski definition) is 4. The molecule has 4 rings (SSSR count). The number of halogens is 1. The molecule has 0 N–H and O–H groups in total. The summed E-state index contributed by atoms with van der Waals surface area (Å²) in [6.07, 6.45) is 1.24. The minimum Gasteiger partial charge on any atom is -0.371 e. The summed E-state index contributed by atoms with van der Waals surface area (Å²) in [5, 5.41) is 0.791. The third-order valence-electron chi connectivity index (χ3n) is 4.70. The molecule has 1 atom stereocenters. The van der Waals surface area contributed by atoms with Gasteiger partial charge in [0.05, 0.1) is 18.2 Å². The number of hydrogen-bond donors (Lipinski definition) is 0. The monoisotopic (exact) mass is 386 g/mol. The van der Waals surface area contributed by atoms with Gasteiger partial charge in [-0.25, -0.2) is 12.8 Å². The van der Waals surface area contributed by atoms with Gasteiger partial charge < -0.3 is 4.74 Å². The Morgan fingerprint density at radius 3 is 2.74 bits per heavy atom. The minimum atomic E-state index is -3.73. The van der Waals surface area contributed by atoms with Gasteiger partial charge in [0.2, 0.25) is 10.0 Å². The standard InChI is InChI=1S/C20H19FN2O3S/c1-14-11-16-3-2-4-19(20(16)22-12-14)27(24,25)23-9-10-26-18(13-23)15-5-7-17(21)8-6-15/h2-8,11-12,18H,9-10,13H2,1H3/t18-/m0/s1. The third kappa shape index (κ3) is 3.45. The van der Waals surface area contributed by atoms with E-state index in [-0.39, 0.29) is 30.4 Å². The second-order valence-electron chi connectivity index (χ2n) is 6.61. The summed E-state index contributed by atoms with van der Waals surface area (Å²) in [4.78, 5) is 4.54. The first-order valence-corrected chi connectivity index (χ1v) is 10.1. The number of sulfonamides is 1. The lowest BCUT2D eigenvalue weighted by Gasteiger charge is -2.32. The first-order chi connectivity index (χ1) is 12.9. The summed E-state index contributed by atoms with van der Waals surface area (Å²) >= 11 is 0. The smallest absolute Gasteiger partial charge is 0.245 e. The molecule has 2 aromatic carbocycles. The quantitative estimate of drug-likeness (QED) is 0.692. The van der Waals surface area contributed by atoms with Gasteiger partial charge in [0.15, 0.2) is 0 Å². The lowest BCUT2D eigenvalue weighted by Crippen LogP contribution is -2.42. The van der Waals surface area contributed by atoms with Crippen molar-refractivity contribution < 1.29 is 17.5 Å². The van der Waals surface area contributed by atoms with E-state index in [1.54, 1.807) is 30.5 Å². The molecule has 1 saturated heterocycles. The molecule has 140 valence electrons. The zero-order valence-corrected chi connectivity index (χ0v) is 15.6. The number of rotatable bonds is 3. The molecular weight excluding hydrogens is 367 g/mol. The van der Waals surface area contributed by atoms with Crippen LogP contribution in [0.15, 0.2) is 59.6 Å². The van der Waals surface area contributed by atoms with Crippen LogP contribution >= 0.6 is 0 Å². The van der Waals surface area contributed by atoms with E-state index in [0.29, 0.717) is 5.52 Å². The second-order valence-corrected chi connectivity index (χ2v) is 8.52. The Hall–Kier alpha value is -2.35. The van der Waals surface area contributed by atoms with Crippen molar-refractivity contribution >= 4 is 20.9 Å². The summed E-state index contributed by atoms with van der Waals surface area (Å²) in [6, 6.07) is 13.0. The fourth-order valence-corrected chi connectivity index (χ4v) is 4.90. The van der Waals surface area contributed by atoms with Gasteiger partial charge in [-0.15, -0.1) is 0 Å². The van der Waals surface area contributed by atoms with Crippen molar-refractivity contribution in [2.75, 3.05) is 19.7 Å². The molecule has 0 aliphatic carbocycles. The van der Waals surface area contributed by atoms with E-state index in [1.807, 2.05) is 19.1 Å². The van der Waals surface area contributed by atoms with Crippen molar-refractivity contribution in [2.24, 2.45) is 0 Å². The summed E-state index contributed by atoms with van der Waals surface area (Å²) < 4.78 is 46.9. The SMILES string of the molecule is Cc1cnc2c(S(=O)(=O)N3CCO[C@H](c4ccc(F)cc4)C3)cccc2c1. The molecule has 0 unspecified atom stereocenters. The van der Waals surface area contributed by atoms with Gasteiger partial charge in [-0.05, 0) is 42.3 Å². The number of aryl methyl sites for hydroxylation is 1. The highest BCUT2D eigenvalue weighted by molar-refractivity contribution is 7.89. The van der Waals surface area contributed by atoms with Crippen LogP contribution in [0.4, 0.5) is 4.39 Å². The number of ether oxygens (including phenoxy) is 1. The predicted molar refractivity (Wildman–Crippen MR) is 100 cm³/mol. The first-order valence-electron chi connectivity index (χ1n) is 8.68. The van der Waals surface area contributed by atoms with Crippen LogP contribution in [0.5, 0.6) is 0 Å². The van der Waals surface area contributed by atoms with Crippen LogP contribution in [0.1, 0.15) is 17.2 Å². The van der Waals surface area contributed by atoms with Gasteiger partial charge in [-0.1, -0.05) is 24.3 Å². The number of benzene rings is 2. The molecule has 1 aliphatic heterocycles. The van der Waals surface area contributed by atoms with E-state index in [9.17, 15) is 12.8 Å². The summed E-state index contributed by atoms with van der Waals surface area (Å²) in [5.74, 6) is -0.337. The van der Waals surface area contributed by atoms with Crippen LogP contribution < -0.4 is 0 Å². The van der Waals surface area contributed by atoms with E-state index in [0.717, 1.165) is 16.5 Å². The second kappa shape index (κ2) is 6.99. The van der Waals surface area contributed by atoms with Crippen molar-refractivity contribution in [3.05, 3.63) is 71.7 Å². The van der Waals surface area contributed by atoms with E-state index in [2.05, 4.69) is 4.98 Å². The Labute approximate surface area is 157 Å². The van der Waals surface area contributed by atoms with Gasteiger partial charge in [-0.3, -0.25) is 4.98 Å². The molecule has 1 aliphatic rings. The molecule has 0 saturated carbocycles. The van der Waals surface area contributed by atoms with Gasteiger partial charge in [-0.2, -0.15) is 4.31 Å². The molecule has 0 radical (unpaired) electrons. The number of morpholine rings is 1. The number of para-hydroxylation sites is 1. The highest BCUT2D eigenvalue weighted by atomic mass is 32.2. The zero-order valence-electron chi connectivity index (χ0n) is 14.8. The molecule has 7 heteroatoms. The minimum absolute atomic E-state index is 0.177. The fraction of sp³-hybridized carbons (Fsp3) is 0.250. The van der Waals surface area contributed by atoms with E-state index >= 15 is 0 Å². The van der Waals surface area contributed by atoms with Crippen molar-refractivity contribution in [1.82, 2.24) is 9.29 Å². The lowest BCUT2D eigenvalue weighted by molar-refractivity contribution is -0.00256. The maximum Gasteiger partial charge on any atom is 0.245 e. The zero-order chi connectivity index (χ0) is 19.0. The highest BCUT2D eigenvalue weighted by Gasteiger charge is 2.32. The largest absolute Gasteiger partial charge is 0.371 e. The first kappa shape index (κ1) is 18.0. The molecule has 0 amide bonds. The van der Waals surface area contributed by atoms with Crippen LogP contribution in [0.25, 0.3) is 10.9 Å². The van der Waals surface area contributed by atoms with Gasteiger partial charge >= 0.3 is 0 Å². The summed E-state index contributed by atoms with van der Waals surface area (Å²) in [5.41, 5.74) is 2.19. The molecule has 1 fully saturated rings. The molecule has 2 heterocycles. The molecule has 1 aromatic heterocycles. The lowest BCUT2D eigenvalue weighted by atomic mass is 10.1. The van der Waals surface area contributed by atoms with Gasteiger partial charge in [0, 0.05) is 24.7 Å². The average Bonchev–Trinajstić information content (AvgIpc) is 2.68. The topological polar surface area (TPSA) is 59.5 Å². The van der Waals surface area contributed by atoms with E-state index < -0.39 is 16.1 Å². The molecule has 27 heavy (non-hydrogen) atoms. The Balaban J connectivity index is 1.68. The van der Waals surface area contributed by atoms with Crippen molar-refractivity contribution in [3.63, 3.8) is 0 Å². The van der Waals surface area contributed by atoms with Gasteiger partial charge in [0.1, 0.15) is 10.7 Å². The Morgan fingerprint density at radius 1 is 1.19 bits per heavy atom. The number of fused-ring (bicyclic) bond motifs is 1. The van der Waals surface area contributed by atoms with E-state index in [4.69, 9.17) is 4.74 Å². The van der Waals surface area contributed by atoms with Crippen molar-refractivity contribution in [1.29, 1.82) is 0 Å². The van der Waals surface area contributed by atoms with Crippen LogP contribution in [-0.4, -0.2) is 37.4 Å². The fourth-order valence-electron chi connectivity index (χ4n) is 3.31. The van der Waals surface area contributed by atoms with Crippen LogP contribution in [-0.2, 0) is 14.8 Å². The summed E-state index contributed by atoms with van der Waals surface area (Å²) in [6.45, 7) is 2.64. The predicted octanol–water partition coefficient (Wildman–Crippen LogP) is 3.44. The number of aromatic nitrogens is 1. The maximum absolute atomic E-state index is 13.3. The average molecular weight is 386 g/mol. The Morgan fingerprint density at radius 2 is 1.96 bits per heavy atom. The maximum atomic E-state index is 13.3. The highest BCUT2D eigenvalue weighted by Crippen LogP contribution is 2.29. The van der Waals surface area contributed by atoms with Crippen LogP contribution in [0.2, 0.25) is 0 Å². The molecule has 0 bridgehead atoms. The van der Waals surface area contributed by atoms with Gasteiger partial charge in [0.25, 0.3) is 0 Å². The normalized spacial score (nSPS) is 18.7. The molecule has 5 nitrogen and oxygen atoms in total. The van der Waals surface area contributed by atoms with Crippen LogP contribution in [0, 0.1) is 12.7 Å². The molecular formula is C20H19FN2O3S. The Bertz CT molecular complexity index is 1080. The third-order valence-corrected chi connectivity index (χ3v) is 6.60. The number of nitrogens with zero attached hydrogens (tertiary/aromatic N) is 2. The molecule has 0 spiro atoms. The number of pyridine rings is 1. The molecule has 3 aromatic rings. The van der Waals surface area contributed by atoms with E-state index in [1.165, 1.54) is 16.4 Å². The Kier molecular flexibility index (Phi) is 4.67. The summed E-state index contributed by atoms with van der Waals surface area (Å²) in [7, 11) is -3.73. The van der Waals surface area contributed by atoms with Crippen molar-refractivity contribution in [2.45, 2.75) is 17.9 Å². The van der Waals surface area contributed by atoms with Crippen LogP contribution in [0.3, 0.4) is 0 Å².